The first-order valence-corrected chi connectivity index (χ1v) is 9.24. The van der Waals surface area contributed by atoms with Crippen LogP contribution in [0.15, 0.2) is 24.3 Å². The molecule has 0 amide bonds. The van der Waals surface area contributed by atoms with Gasteiger partial charge >= 0.3 is 0 Å². The molecule has 0 N–H and O–H groups in total. The monoisotopic (exact) mass is 301 g/mol. The summed E-state index contributed by atoms with van der Waals surface area (Å²) in [6.45, 7) is 5.18. The molecule has 1 aromatic rings. The summed E-state index contributed by atoms with van der Waals surface area (Å²) >= 11 is 10.1. The van der Waals surface area contributed by atoms with E-state index in [1.54, 1.807) is 0 Å². The SMILES string of the molecule is CC(C)c1cccc(C(CN(C)C)O[P+](=S)[S-])c1. The Morgan fingerprint density at radius 3 is 2.44 bits per heavy atom. The molecular formula is C13H20NOPS2. The van der Waals surface area contributed by atoms with Gasteiger partial charge in [-0.1, -0.05) is 38.1 Å². The molecule has 0 heterocycles. The molecule has 2 unspecified atom stereocenters. The van der Waals surface area contributed by atoms with Crippen LogP contribution in [0.3, 0.4) is 0 Å². The molecule has 0 saturated carbocycles. The highest BCUT2D eigenvalue weighted by Gasteiger charge is 2.18. The molecule has 0 aliphatic rings. The van der Waals surface area contributed by atoms with Crippen LogP contribution in [0.2, 0.25) is 0 Å². The van der Waals surface area contributed by atoms with Crippen LogP contribution in [0, 0.1) is 0 Å². The summed E-state index contributed by atoms with van der Waals surface area (Å²) in [5, 5.41) is 0. The van der Waals surface area contributed by atoms with E-state index in [9.17, 15) is 0 Å². The van der Waals surface area contributed by atoms with E-state index in [1.807, 2.05) is 14.1 Å². The van der Waals surface area contributed by atoms with Crippen LogP contribution in [0.4, 0.5) is 0 Å². The lowest BCUT2D eigenvalue weighted by atomic mass is 9.98. The van der Waals surface area contributed by atoms with Crippen molar-refractivity contribution in [3.05, 3.63) is 35.4 Å². The molecule has 0 spiro atoms. The molecule has 100 valence electrons. The maximum Gasteiger partial charge on any atom is 0.202 e. The van der Waals surface area contributed by atoms with E-state index in [0.717, 1.165) is 12.1 Å². The third-order valence-corrected chi connectivity index (χ3v) is 3.64. The van der Waals surface area contributed by atoms with Crippen LogP contribution in [0.25, 0.3) is 0 Å². The number of likely N-dealkylation sites (N-methyl/N-ethyl adjacent to an activating group) is 1. The Bertz CT molecular complexity index is 410. The smallest absolute Gasteiger partial charge is 0.202 e. The van der Waals surface area contributed by atoms with Crippen molar-refractivity contribution in [2.45, 2.75) is 25.9 Å². The first-order chi connectivity index (χ1) is 8.40. The number of nitrogens with zero attached hydrogens (tertiary/aromatic N) is 1. The molecule has 5 heteroatoms. The van der Waals surface area contributed by atoms with Crippen molar-refractivity contribution >= 4 is 30.2 Å². The van der Waals surface area contributed by atoms with E-state index in [0.29, 0.717) is 5.92 Å². The maximum atomic E-state index is 5.73. The van der Waals surface area contributed by atoms with Crippen LogP contribution in [0.1, 0.15) is 37.0 Å². The molecule has 0 radical (unpaired) electrons. The van der Waals surface area contributed by atoms with E-state index < -0.39 is 6.13 Å². The fourth-order valence-electron chi connectivity index (χ4n) is 1.75. The lowest BCUT2D eigenvalue weighted by molar-refractivity contribution is 0.188. The van der Waals surface area contributed by atoms with Crippen molar-refractivity contribution in [2.24, 2.45) is 0 Å². The van der Waals surface area contributed by atoms with Gasteiger partial charge in [-0.25, -0.2) is 0 Å². The molecule has 0 bridgehead atoms. The molecule has 0 aliphatic heterocycles. The first kappa shape index (κ1) is 16.1. The average molecular weight is 301 g/mol. The van der Waals surface area contributed by atoms with Gasteiger partial charge in [0.2, 0.25) is 6.13 Å². The van der Waals surface area contributed by atoms with Gasteiger partial charge in [0.25, 0.3) is 0 Å². The van der Waals surface area contributed by atoms with E-state index in [4.69, 9.17) is 28.6 Å². The van der Waals surface area contributed by atoms with E-state index in [2.05, 4.69) is 43.0 Å². The highest BCUT2D eigenvalue weighted by Crippen LogP contribution is 2.31. The van der Waals surface area contributed by atoms with Crippen molar-refractivity contribution in [2.75, 3.05) is 20.6 Å². The Morgan fingerprint density at radius 2 is 1.94 bits per heavy atom. The van der Waals surface area contributed by atoms with Crippen molar-refractivity contribution in [1.29, 1.82) is 0 Å². The van der Waals surface area contributed by atoms with Crippen molar-refractivity contribution in [3.63, 3.8) is 0 Å². The summed E-state index contributed by atoms with van der Waals surface area (Å²) in [4.78, 5) is 2.09. The van der Waals surface area contributed by atoms with Gasteiger partial charge in [-0.05, 0) is 31.1 Å². The minimum atomic E-state index is -1.18. The third kappa shape index (κ3) is 5.33. The van der Waals surface area contributed by atoms with Gasteiger partial charge in [-0.3, -0.25) is 0 Å². The maximum absolute atomic E-state index is 5.73. The lowest BCUT2D eigenvalue weighted by Crippen LogP contribution is -2.21. The molecule has 1 rings (SSSR count). The summed E-state index contributed by atoms with van der Waals surface area (Å²) in [6, 6.07) is 8.50. The Hall–Kier alpha value is 0.01000. The van der Waals surface area contributed by atoms with Gasteiger partial charge in [0.05, 0.1) is 0 Å². The van der Waals surface area contributed by atoms with Crippen molar-refractivity contribution < 1.29 is 4.52 Å². The van der Waals surface area contributed by atoms with Gasteiger partial charge < -0.3 is 17.1 Å². The molecule has 0 aliphatic carbocycles. The second-order valence-corrected chi connectivity index (χ2v) is 8.25. The average Bonchev–Trinajstić information content (AvgIpc) is 2.27. The highest BCUT2D eigenvalue weighted by molar-refractivity contribution is 8.45. The second kappa shape index (κ2) is 7.56. The van der Waals surface area contributed by atoms with E-state index in [-0.39, 0.29) is 6.10 Å². The summed E-state index contributed by atoms with van der Waals surface area (Å²) in [5.41, 5.74) is 2.48. The predicted molar refractivity (Wildman–Crippen MR) is 84.6 cm³/mol. The number of rotatable bonds is 6. The van der Waals surface area contributed by atoms with Crippen LogP contribution in [-0.4, -0.2) is 25.5 Å². The van der Waals surface area contributed by atoms with Gasteiger partial charge in [0.1, 0.15) is 6.10 Å². The van der Waals surface area contributed by atoms with Gasteiger partial charge in [-0.15, -0.1) is 0 Å². The normalized spacial score (nSPS) is 14.1. The zero-order chi connectivity index (χ0) is 13.7. The second-order valence-electron chi connectivity index (χ2n) is 4.90. The van der Waals surface area contributed by atoms with Crippen LogP contribution < -0.4 is 0 Å². The zero-order valence-electron chi connectivity index (χ0n) is 11.3. The van der Waals surface area contributed by atoms with Crippen molar-refractivity contribution in [3.8, 4) is 0 Å². The van der Waals surface area contributed by atoms with E-state index in [1.165, 1.54) is 5.56 Å². The quantitative estimate of drug-likeness (QED) is 0.586. The molecule has 2 atom stereocenters. The minimum Gasteiger partial charge on any atom is -0.441 e. The lowest BCUT2D eigenvalue weighted by Gasteiger charge is -2.19. The topological polar surface area (TPSA) is 12.5 Å². The molecule has 1 aromatic carbocycles. The zero-order valence-corrected chi connectivity index (χ0v) is 13.8. The molecule has 0 saturated heterocycles. The summed E-state index contributed by atoms with van der Waals surface area (Å²) < 4.78 is 5.73. The first-order valence-electron chi connectivity index (χ1n) is 5.96. The minimum absolute atomic E-state index is 0.0280. The molecule has 0 fully saturated rings. The Labute approximate surface area is 121 Å². The van der Waals surface area contributed by atoms with Crippen LogP contribution in [-0.2, 0) is 28.6 Å². The number of benzene rings is 1. The summed E-state index contributed by atoms with van der Waals surface area (Å²) in [7, 11) is 4.05. The standard InChI is InChI=1S/C13H20NOPS2/c1-10(2)11-6-5-7-12(8-11)13(9-14(3)4)15-16(17)18/h5-8,10,13H,9H2,1-4H3. The fraction of sp³-hybridized carbons (Fsp3) is 0.538. The Morgan fingerprint density at radius 1 is 1.33 bits per heavy atom. The Kier molecular flexibility index (Phi) is 6.75. The fourth-order valence-corrected chi connectivity index (χ4v) is 2.77. The van der Waals surface area contributed by atoms with Gasteiger partial charge in [0, 0.05) is 6.54 Å². The predicted octanol–water partition coefficient (Wildman–Crippen LogP) is 3.75. The highest BCUT2D eigenvalue weighted by atomic mass is 32.9. The molecule has 0 aromatic heterocycles. The molecular weight excluding hydrogens is 281 g/mol. The van der Waals surface area contributed by atoms with Crippen LogP contribution >= 0.6 is 6.13 Å². The number of hydrogen-bond donors (Lipinski definition) is 0. The molecule has 2 nitrogen and oxygen atoms in total. The van der Waals surface area contributed by atoms with Crippen molar-refractivity contribution in [1.82, 2.24) is 4.90 Å². The molecule has 18 heavy (non-hydrogen) atoms. The van der Waals surface area contributed by atoms with E-state index >= 15 is 0 Å². The largest absolute Gasteiger partial charge is 0.441 e. The summed E-state index contributed by atoms with van der Waals surface area (Å²) in [5.74, 6) is 0.512. The third-order valence-electron chi connectivity index (χ3n) is 2.69. The summed E-state index contributed by atoms with van der Waals surface area (Å²) in [6.07, 6.45) is -1.21. The van der Waals surface area contributed by atoms with Gasteiger partial charge in [-0.2, -0.15) is 4.52 Å². The van der Waals surface area contributed by atoms with Crippen LogP contribution in [0.5, 0.6) is 0 Å². The number of hydrogen-bond acceptors (Lipinski definition) is 4. The Balaban J connectivity index is 2.96. The van der Waals surface area contributed by atoms with Gasteiger partial charge in [0.15, 0.2) is 11.8 Å².